The molecule has 0 aliphatic rings. The first kappa shape index (κ1) is 15.0. The average molecular weight is 338 g/mol. The molecule has 4 heteroatoms. The van der Waals surface area contributed by atoms with Crippen LogP contribution in [0.3, 0.4) is 0 Å². The lowest BCUT2D eigenvalue weighted by Gasteiger charge is -2.13. The van der Waals surface area contributed by atoms with Crippen LogP contribution in [0.2, 0.25) is 0 Å². The van der Waals surface area contributed by atoms with Gasteiger partial charge in [0.2, 0.25) is 0 Å². The van der Waals surface area contributed by atoms with Gasteiger partial charge in [0.1, 0.15) is 17.3 Å². The molecule has 2 aromatic carbocycles. The Bertz CT molecular complexity index is 605. The first-order valence-corrected chi connectivity index (χ1v) is 7.19. The fourth-order valence-electron chi connectivity index (χ4n) is 2.07. The van der Waals surface area contributed by atoms with Gasteiger partial charge in [0, 0.05) is 16.6 Å². The highest BCUT2D eigenvalue weighted by Crippen LogP contribution is 2.31. The molecule has 0 heterocycles. The lowest BCUT2D eigenvalue weighted by Crippen LogP contribution is -2.08. The van der Waals surface area contributed by atoms with Gasteiger partial charge in [0.05, 0.1) is 0 Å². The van der Waals surface area contributed by atoms with Gasteiger partial charge in [-0.2, -0.15) is 0 Å². The molecule has 0 fully saturated rings. The third-order valence-electron chi connectivity index (χ3n) is 3.07. The molecule has 0 saturated carbocycles. The number of ether oxygens (including phenoxy) is 1. The molecule has 0 aromatic heterocycles. The van der Waals surface area contributed by atoms with Crippen molar-refractivity contribution in [3.8, 4) is 11.5 Å². The highest BCUT2D eigenvalue weighted by atomic mass is 79.9. The van der Waals surface area contributed by atoms with E-state index < -0.39 is 0 Å². The van der Waals surface area contributed by atoms with Gasteiger partial charge in [-0.25, -0.2) is 4.39 Å². The van der Waals surface area contributed by atoms with Gasteiger partial charge in [0.15, 0.2) is 0 Å². The Kier molecular flexibility index (Phi) is 4.78. The fraction of sp³-hybridized carbons (Fsp3) is 0.250. The summed E-state index contributed by atoms with van der Waals surface area (Å²) in [6, 6.07) is 8.75. The molecule has 0 aliphatic carbocycles. The maximum atomic E-state index is 13.8. The van der Waals surface area contributed by atoms with E-state index in [9.17, 15) is 4.39 Å². The fourth-order valence-corrected chi connectivity index (χ4v) is 2.30. The van der Waals surface area contributed by atoms with Crippen molar-refractivity contribution in [2.45, 2.75) is 20.4 Å². The Labute approximate surface area is 127 Å². The zero-order chi connectivity index (χ0) is 14.7. The van der Waals surface area contributed by atoms with E-state index >= 15 is 0 Å². The molecule has 0 saturated heterocycles. The summed E-state index contributed by atoms with van der Waals surface area (Å²) in [5, 5.41) is 2.96. The first-order chi connectivity index (χ1) is 9.52. The van der Waals surface area contributed by atoms with E-state index in [0.717, 1.165) is 15.6 Å². The zero-order valence-electron chi connectivity index (χ0n) is 11.8. The van der Waals surface area contributed by atoms with Gasteiger partial charge in [-0.3, -0.25) is 0 Å². The second-order valence-electron chi connectivity index (χ2n) is 4.72. The van der Waals surface area contributed by atoms with Crippen molar-refractivity contribution in [2.75, 3.05) is 7.05 Å². The van der Waals surface area contributed by atoms with Crippen molar-refractivity contribution in [3.05, 3.63) is 57.3 Å². The van der Waals surface area contributed by atoms with Crippen molar-refractivity contribution in [1.29, 1.82) is 0 Å². The summed E-state index contributed by atoms with van der Waals surface area (Å²) in [4.78, 5) is 0. The topological polar surface area (TPSA) is 21.3 Å². The standard InChI is InChI=1S/C16H17BrFNO/c1-10-7-12(8-11(2)16(10)17)20-15-6-4-5-14(18)13(15)9-19-3/h4-8,19H,9H2,1-3H3. The summed E-state index contributed by atoms with van der Waals surface area (Å²) in [5.41, 5.74) is 2.71. The molecule has 0 spiro atoms. The third-order valence-corrected chi connectivity index (χ3v) is 4.32. The van der Waals surface area contributed by atoms with E-state index in [4.69, 9.17) is 4.74 Å². The van der Waals surface area contributed by atoms with E-state index in [1.807, 2.05) is 26.0 Å². The normalized spacial score (nSPS) is 10.7. The minimum atomic E-state index is -0.262. The van der Waals surface area contributed by atoms with Crippen molar-refractivity contribution in [1.82, 2.24) is 5.32 Å². The van der Waals surface area contributed by atoms with Gasteiger partial charge >= 0.3 is 0 Å². The van der Waals surface area contributed by atoms with E-state index in [1.165, 1.54) is 6.07 Å². The maximum Gasteiger partial charge on any atom is 0.134 e. The van der Waals surface area contributed by atoms with E-state index in [0.29, 0.717) is 23.6 Å². The van der Waals surface area contributed by atoms with Crippen molar-refractivity contribution < 1.29 is 9.13 Å². The Morgan fingerprint density at radius 3 is 2.45 bits per heavy atom. The predicted octanol–water partition coefficient (Wildman–Crippen LogP) is 4.72. The summed E-state index contributed by atoms with van der Waals surface area (Å²) >= 11 is 3.52. The lowest BCUT2D eigenvalue weighted by atomic mass is 10.1. The van der Waals surface area contributed by atoms with E-state index in [1.54, 1.807) is 19.2 Å². The molecule has 106 valence electrons. The molecular formula is C16H17BrFNO. The molecule has 0 aliphatic heterocycles. The Morgan fingerprint density at radius 2 is 1.85 bits per heavy atom. The molecule has 2 nitrogen and oxygen atoms in total. The lowest BCUT2D eigenvalue weighted by molar-refractivity contribution is 0.463. The molecule has 0 amide bonds. The van der Waals surface area contributed by atoms with Crippen LogP contribution in [0.15, 0.2) is 34.8 Å². The maximum absolute atomic E-state index is 13.8. The smallest absolute Gasteiger partial charge is 0.134 e. The van der Waals surface area contributed by atoms with Gasteiger partial charge in [0.25, 0.3) is 0 Å². The number of hydrogen-bond acceptors (Lipinski definition) is 2. The average Bonchev–Trinajstić information content (AvgIpc) is 2.40. The van der Waals surface area contributed by atoms with Crippen LogP contribution in [-0.4, -0.2) is 7.05 Å². The number of nitrogens with one attached hydrogen (secondary N) is 1. The molecule has 20 heavy (non-hydrogen) atoms. The monoisotopic (exact) mass is 337 g/mol. The summed E-state index contributed by atoms with van der Waals surface area (Å²) in [7, 11) is 1.78. The van der Waals surface area contributed by atoms with Crippen LogP contribution in [0.25, 0.3) is 0 Å². The molecule has 0 bridgehead atoms. The van der Waals surface area contributed by atoms with Crippen LogP contribution in [0.1, 0.15) is 16.7 Å². The Balaban J connectivity index is 2.37. The van der Waals surface area contributed by atoms with Crippen molar-refractivity contribution in [3.63, 3.8) is 0 Å². The summed E-state index contributed by atoms with van der Waals surface area (Å²) in [6.45, 7) is 4.44. The summed E-state index contributed by atoms with van der Waals surface area (Å²) < 4.78 is 20.8. The second kappa shape index (κ2) is 6.37. The quantitative estimate of drug-likeness (QED) is 0.871. The van der Waals surface area contributed by atoms with E-state index in [-0.39, 0.29) is 5.82 Å². The summed E-state index contributed by atoms with van der Waals surface area (Å²) in [5.74, 6) is 0.994. The van der Waals surface area contributed by atoms with E-state index in [2.05, 4.69) is 21.2 Å². The molecule has 2 rings (SSSR count). The number of benzene rings is 2. The van der Waals surface area contributed by atoms with Gasteiger partial charge < -0.3 is 10.1 Å². The highest BCUT2D eigenvalue weighted by molar-refractivity contribution is 9.10. The molecule has 0 unspecified atom stereocenters. The van der Waals surface area contributed by atoms with Crippen LogP contribution >= 0.6 is 15.9 Å². The van der Waals surface area contributed by atoms with Crippen LogP contribution in [-0.2, 0) is 6.54 Å². The van der Waals surface area contributed by atoms with Gasteiger partial charge in [-0.15, -0.1) is 0 Å². The first-order valence-electron chi connectivity index (χ1n) is 6.39. The second-order valence-corrected chi connectivity index (χ2v) is 5.51. The largest absolute Gasteiger partial charge is 0.457 e. The minimum absolute atomic E-state index is 0.262. The predicted molar refractivity (Wildman–Crippen MR) is 82.9 cm³/mol. The number of hydrogen-bond donors (Lipinski definition) is 1. The van der Waals surface area contributed by atoms with Gasteiger partial charge in [-0.1, -0.05) is 22.0 Å². The number of aryl methyl sites for hydroxylation is 2. The van der Waals surface area contributed by atoms with Crippen LogP contribution < -0.4 is 10.1 Å². The van der Waals surface area contributed by atoms with Crippen LogP contribution in [0.5, 0.6) is 11.5 Å². The highest BCUT2D eigenvalue weighted by Gasteiger charge is 2.11. The Hall–Kier alpha value is -1.39. The Morgan fingerprint density at radius 1 is 1.20 bits per heavy atom. The molecular weight excluding hydrogens is 321 g/mol. The molecule has 0 radical (unpaired) electrons. The minimum Gasteiger partial charge on any atom is -0.457 e. The summed E-state index contributed by atoms with van der Waals surface area (Å²) in [6.07, 6.45) is 0. The number of rotatable bonds is 4. The van der Waals surface area contributed by atoms with Crippen molar-refractivity contribution >= 4 is 15.9 Å². The SMILES string of the molecule is CNCc1c(F)cccc1Oc1cc(C)c(Br)c(C)c1. The van der Waals surface area contributed by atoms with Crippen molar-refractivity contribution in [2.24, 2.45) is 0 Å². The zero-order valence-corrected chi connectivity index (χ0v) is 13.3. The third kappa shape index (κ3) is 3.19. The molecule has 0 atom stereocenters. The van der Waals surface area contributed by atoms with Gasteiger partial charge in [-0.05, 0) is 56.3 Å². The molecule has 2 aromatic rings. The van der Waals surface area contributed by atoms with Crippen LogP contribution in [0.4, 0.5) is 4.39 Å². The number of halogens is 2. The molecule has 1 N–H and O–H groups in total. The van der Waals surface area contributed by atoms with Crippen LogP contribution in [0, 0.1) is 19.7 Å².